The lowest BCUT2D eigenvalue weighted by atomic mass is 10.0. The molecule has 0 aromatic carbocycles. The zero-order chi connectivity index (χ0) is 14.0. The average molecular weight is 339 g/mol. The van der Waals surface area contributed by atoms with Crippen LogP contribution in [0.15, 0.2) is 10.3 Å². The molecule has 0 bridgehead atoms. The SMILES string of the molecule is Cc1cc(C)c(S(=O)(=O)N2CCCCC2CCN)s1.Cl. The average Bonchev–Trinajstić information content (AvgIpc) is 2.70. The van der Waals surface area contributed by atoms with Crippen LogP contribution in [0.1, 0.15) is 36.1 Å². The van der Waals surface area contributed by atoms with E-state index in [0.717, 1.165) is 36.1 Å². The molecule has 1 aliphatic heterocycles. The van der Waals surface area contributed by atoms with E-state index in [4.69, 9.17) is 5.73 Å². The largest absolute Gasteiger partial charge is 0.330 e. The first-order valence-corrected chi connectivity index (χ1v) is 9.01. The van der Waals surface area contributed by atoms with Crippen molar-refractivity contribution in [1.29, 1.82) is 0 Å². The van der Waals surface area contributed by atoms with Gasteiger partial charge < -0.3 is 5.73 Å². The van der Waals surface area contributed by atoms with Crippen LogP contribution in [0, 0.1) is 13.8 Å². The van der Waals surface area contributed by atoms with Crippen molar-refractivity contribution in [3.8, 4) is 0 Å². The summed E-state index contributed by atoms with van der Waals surface area (Å²) in [5.74, 6) is 0. The van der Waals surface area contributed by atoms with Crippen molar-refractivity contribution in [2.75, 3.05) is 13.1 Å². The number of aryl methyl sites for hydroxylation is 2. The predicted molar refractivity (Wildman–Crippen MR) is 86.2 cm³/mol. The monoisotopic (exact) mass is 338 g/mol. The third-order valence-corrected chi connectivity index (χ3v) is 7.33. The molecule has 0 aliphatic carbocycles. The van der Waals surface area contributed by atoms with Gasteiger partial charge in [0.05, 0.1) is 0 Å². The van der Waals surface area contributed by atoms with Crippen molar-refractivity contribution in [3.05, 3.63) is 16.5 Å². The molecule has 20 heavy (non-hydrogen) atoms. The molecule has 0 saturated carbocycles. The Morgan fingerprint density at radius 2 is 2.10 bits per heavy atom. The van der Waals surface area contributed by atoms with E-state index < -0.39 is 10.0 Å². The fourth-order valence-electron chi connectivity index (χ4n) is 2.75. The summed E-state index contributed by atoms with van der Waals surface area (Å²) in [5, 5.41) is 0. The normalized spacial score (nSPS) is 20.6. The van der Waals surface area contributed by atoms with E-state index in [1.807, 2.05) is 19.9 Å². The van der Waals surface area contributed by atoms with E-state index in [1.54, 1.807) is 4.31 Å². The van der Waals surface area contributed by atoms with Crippen LogP contribution in [0.4, 0.5) is 0 Å². The van der Waals surface area contributed by atoms with Gasteiger partial charge in [-0.2, -0.15) is 4.31 Å². The molecule has 2 rings (SSSR count). The minimum Gasteiger partial charge on any atom is -0.330 e. The number of rotatable bonds is 4. The van der Waals surface area contributed by atoms with E-state index >= 15 is 0 Å². The van der Waals surface area contributed by atoms with E-state index in [2.05, 4.69) is 0 Å². The van der Waals surface area contributed by atoms with Crippen molar-refractivity contribution < 1.29 is 8.42 Å². The summed E-state index contributed by atoms with van der Waals surface area (Å²) < 4.78 is 27.8. The molecule has 4 nitrogen and oxygen atoms in total. The number of thiophene rings is 1. The van der Waals surface area contributed by atoms with Gasteiger partial charge >= 0.3 is 0 Å². The number of hydrogen-bond donors (Lipinski definition) is 1. The lowest BCUT2D eigenvalue weighted by Crippen LogP contribution is -2.44. The van der Waals surface area contributed by atoms with Gasteiger partial charge in [0.2, 0.25) is 0 Å². The molecule has 1 fully saturated rings. The van der Waals surface area contributed by atoms with Crippen molar-refractivity contribution in [2.45, 2.75) is 49.8 Å². The third kappa shape index (κ3) is 3.54. The van der Waals surface area contributed by atoms with Gasteiger partial charge in [-0.15, -0.1) is 23.7 Å². The lowest BCUT2D eigenvalue weighted by Gasteiger charge is -2.34. The molecule has 1 aromatic heterocycles. The molecule has 1 saturated heterocycles. The Kier molecular flexibility index (Phi) is 6.47. The van der Waals surface area contributed by atoms with Crippen LogP contribution in [-0.2, 0) is 10.0 Å². The van der Waals surface area contributed by atoms with Gasteiger partial charge in [-0.25, -0.2) is 8.42 Å². The minimum atomic E-state index is -3.35. The molecule has 1 aliphatic rings. The molecular formula is C13H23ClN2O2S2. The fourth-order valence-corrected chi connectivity index (χ4v) is 6.26. The Hall–Kier alpha value is -0.140. The first-order valence-electron chi connectivity index (χ1n) is 6.75. The van der Waals surface area contributed by atoms with Crippen LogP contribution < -0.4 is 5.73 Å². The lowest BCUT2D eigenvalue weighted by molar-refractivity contribution is 0.243. The zero-order valence-electron chi connectivity index (χ0n) is 12.0. The Balaban J connectivity index is 0.00000200. The van der Waals surface area contributed by atoms with Crippen LogP contribution in [0.2, 0.25) is 0 Å². The second-order valence-corrected chi connectivity index (χ2v) is 8.51. The van der Waals surface area contributed by atoms with E-state index in [-0.39, 0.29) is 18.4 Å². The summed E-state index contributed by atoms with van der Waals surface area (Å²) in [6, 6.07) is 2.02. The Bertz CT molecular complexity index is 541. The van der Waals surface area contributed by atoms with Crippen molar-refractivity contribution in [3.63, 3.8) is 0 Å². The highest BCUT2D eigenvalue weighted by Gasteiger charge is 2.34. The van der Waals surface area contributed by atoms with E-state index in [0.29, 0.717) is 17.3 Å². The standard InChI is InChI=1S/C13H22N2O2S2.ClH/c1-10-9-11(2)18-13(10)19(16,17)15-8-4-3-5-12(15)6-7-14;/h9,12H,3-8,14H2,1-2H3;1H. The van der Waals surface area contributed by atoms with Crippen LogP contribution in [0.3, 0.4) is 0 Å². The maximum atomic E-state index is 12.8. The highest BCUT2D eigenvalue weighted by atomic mass is 35.5. The zero-order valence-corrected chi connectivity index (χ0v) is 14.4. The van der Waals surface area contributed by atoms with Gasteiger partial charge in [-0.1, -0.05) is 6.42 Å². The summed E-state index contributed by atoms with van der Waals surface area (Å²) in [5.41, 5.74) is 6.48. The molecule has 116 valence electrons. The molecule has 7 heteroatoms. The van der Waals surface area contributed by atoms with Crippen LogP contribution in [-0.4, -0.2) is 31.9 Å². The first kappa shape index (κ1) is 17.9. The Labute approximate surface area is 131 Å². The Morgan fingerprint density at radius 1 is 1.40 bits per heavy atom. The number of sulfonamides is 1. The number of piperidine rings is 1. The summed E-state index contributed by atoms with van der Waals surface area (Å²) in [6.07, 6.45) is 3.73. The molecule has 0 spiro atoms. The van der Waals surface area contributed by atoms with Gasteiger partial charge in [0.15, 0.2) is 0 Å². The predicted octanol–water partition coefficient (Wildman–Crippen LogP) is 2.68. The molecule has 1 atom stereocenters. The molecule has 2 heterocycles. The minimum absolute atomic E-state index is 0. The van der Waals surface area contributed by atoms with Gasteiger partial charge in [-0.05, 0) is 51.3 Å². The molecule has 1 aromatic rings. The second kappa shape index (κ2) is 7.22. The van der Waals surface area contributed by atoms with Crippen LogP contribution in [0.25, 0.3) is 0 Å². The highest BCUT2D eigenvalue weighted by Crippen LogP contribution is 2.32. The second-order valence-electron chi connectivity index (χ2n) is 5.17. The van der Waals surface area contributed by atoms with Crippen molar-refractivity contribution in [2.24, 2.45) is 5.73 Å². The number of nitrogens with two attached hydrogens (primary N) is 1. The van der Waals surface area contributed by atoms with Gasteiger partial charge in [0.1, 0.15) is 4.21 Å². The Morgan fingerprint density at radius 3 is 2.65 bits per heavy atom. The molecule has 0 amide bonds. The van der Waals surface area contributed by atoms with Crippen molar-refractivity contribution in [1.82, 2.24) is 4.31 Å². The summed E-state index contributed by atoms with van der Waals surface area (Å²) in [7, 11) is -3.35. The maximum absolute atomic E-state index is 12.8. The summed E-state index contributed by atoms with van der Waals surface area (Å²) in [4.78, 5) is 1.04. The van der Waals surface area contributed by atoms with Crippen LogP contribution in [0.5, 0.6) is 0 Å². The number of nitrogens with zero attached hydrogens (tertiary/aromatic N) is 1. The maximum Gasteiger partial charge on any atom is 0.253 e. The smallest absolute Gasteiger partial charge is 0.253 e. The van der Waals surface area contributed by atoms with Crippen LogP contribution >= 0.6 is 23.7 Å². The molecular weight excluding hydrogens is 316 g/mol. The number of halogens is 1. The molecule has 2 N–H and O–H groups in total. The summed E-state index contributed by atoms with van der Waals surface area (Å²) >= 11 is 1.37. The fraction of sp³-hybridized carbons (Fsp3) is 0.692. The van der Waals surface area contributed by atoms with Gasteiger partial charge in [-0.3, -0.25) is 0 Å². The first-order chi connectivity index (χ1) is 8.96. The summed E-state index contributed by atoms with van der Waals surface area (Å²) in [6.45, 7) is 4.99. The molecule has 1 unspecified atom stereocenters. The quantitative estimate of drug-likeness (QED) is 0.918. The van der Waals surface area contributed by atoms with E-state index in [9.17, 15) is 8.42 Å². The highest BCUT2D eigenvalue weighted by molar-refractivity contribution is 7.91. The van der Waals surface area contributed by atoms with E-state index in [1.165, 1.54) is 11.3 Å². The third-order valence-electron chi connectivity index (χ3n) is 3.61. The van der Waals surface area contributed by atoms with Gasteiger partial charge in [0.25, 0.3) is 10.0 Å². The molecule has 0 radical (unpaired) electrons. The van der Waals surface area contributed by atoms with Gasteiger partial charge in [0, 0.05) is 17.5 Å². The number of hydrogen-bond acceptors (Lipinski definition) is 4. The van der Waals surface area contributed by atoms with Crippen molar-refractivity contribution >= 4 is 33.8 Å². The topological polar surface area (TPSA) is 63.4 Å².